The van der Waals surface area contributed by atoms with E-state index in [1.807, 2.05) is 24.3 Å². The molecule has 0 atom stereocenters. The van der Waals surface area contributed by atoms with Gasteiger partial charge in [-0.15, -0.1) is 23.2 Å². The van der Waals surface area contributed by atoms with E-state index in [2.05, 4.69) is 0 Å². The average Bonchev–Trinajstić information content (AvgIpc) is 2.05. The lowest BCUT2D eigenvalue weighted by Crippen LogP contribution is -1.84. The number of hydrogen-bond donors (Lipinski definition) is 0. The Labute approximate surface area is 75.9 Å². The van der Waals surface area contributed by atoms with Gasteiger partial charge in [0.15, 0.2) is 0 Å². The smallest absolute Gasteiger partial charge is 0.132 e. The predicted octanol–water partition coefficient (Wildman–Crippen LogP) is 3.17. The van der Waals surface area contributed by atoms with E-state index in [9.17, 15) is 0 Å². The molecule has 0 bridgehead atoms. The molecule has 0 heterocycles. The SMILES string of the molecule is COc1ccc(C(Cl)Cl)cc1. The molecule has 3 heteroatoms. The first-order valence-electron chi connectivity index (χ1n) is 3.16. The van der Waals surface area contributed by atoms with Crippen molar-refractivity contribution in [2.75, 3.05) is 7.11 Å². The van der Waals surface area contributed by atoms with Crippen LogP contribution in [-0.2, 0) is 0 Å². The summed E-state index contributed by atoms with van der Waals surface area (Å²) in [6, 6.07) is 7.33. The lowest BCUT2D eigenvalue weighted by molar-refractivity contribution is 0.414. The highest BCUT2D eigenvalue weighted by molar-refractivity contribution is 6.44. The van der Waals surface area contributed by atoms with Crippen molar-refractivity contribution in [2.45, 2.75) is 4.84 Å². The molecule has 0 aliphatic rings. The highest BCUT2D eigenvalue weighted by Gasteiger charge is 2.01. The van der Waals surface area contributed by atoms with E-state index in [1.54, 1.807) is 7.11 Å². The van der Waals surface area contributed by atoms with Crippen molar-refractivity contribution in [3.63, 3.8) is 0 Å². The van der Waals surface area contributed by atoms with Gasteiger partial charge >= 0.3 is 0 Å². The maximum Gasteiger partial charge on any atom is 0.132 e. The van der Waals surface area contributed by atoms with Gasteiger partial charge in [-0.2, -0.15) is 0 Å². The van der Waals surface area contributed by atoms with Crippen LogP contribution in [0.25, 0.3) is 0 Å². The van der Waals surface area contributed by atoms with Crippen molar-refractivity contribution in [1.82, 2.24) is 0 Å². The number of ether oxygens (including phenoxy) is 1. The predicted molar refractivity (Wildman–Crippen MR) is 47.4 cm³/mol. The van der Waals surface area contributed by atoms with Crippen molar-refractivity contribution in [1.29, 1.82) is 0 Å². The minimum Gasteiger partial charge on any atom is -0.497 e. The van der Waals surface area contributed by atoms with Crippen LogP contribution in [0.1, 0.15) is 10.4 Å². The maximum absolute atomic E-state index is 5.62. The van der Waals surface area contributed by atoms with Crippen LogP contribution in [0.3, 0.4) is 0 Å². The van der Waals surface area contributed by atoms with Crippen LogP contribution in [-0.4, -0.2) is 7.11 Å². The van der Waals surface area contributed by atoms with E-state index >= 15 is 0 Å². The molecular weight excluding hydrogens is 183 g/mol. The molecule has 0 aromatic heterocycles. The van der Waals surface area contributed by atoms with Crippen molar-refractivity contribution in [3.05, 3.63) is 29.8 Å². The van der Waals surface area contributed by atoms with E-state index < -0.39 is 4.84 Å². The Morgan fingerprint density at radius 3 is 2.09 bits per heavy atom. The Balaban J connectivity index is 2.83. The third-order valence-corrected chi connectivity index (χ3v) is 1.87. The normalized spacial score (nSPS) is 10.2. The Kier molecular flexibility index (Phi) is 3.03. The number of halogens is 2. The van der Waals surface area contributed by atoms with Crippen LogP contribution in [0.5, 0.6) is 5.75 Å². The van der Waals surface area contributed by atoms with Crippen molar-refractivity contribution < 1.29 is 4.74 Å². The summed E-state index contributed by atoms with van der Waals surface area (Å²) in [5.41, 5.74) is 0.883. The summed E-state index contributed by atoms with van der Waals surface area (Å²) in [4.78, 5) is -0.457. The van der Waals surface area contributed by atoms with E-state index in [0.29, 0.717) is 0 Å². The molecule has 0 amide bonds. The molecule has 0 saturated heterocycles. The average molecular weight is 191 g/mol. The Morgan fingerprint density at radius 1 is 1.18 bits per heavy atom. The van der Waals surface area contributed by atoms with Crippen LogP contribution in [0.2, 0.25) is 0 Å². The molecule has 1 aromatic carbocycles. The molecule has 0 saturated carbocycles. The second-order valence-corrected chi connectivity index (χ2v) is 3.17. The highest BCUT2D eigenvalue weighted by Crippen LogP contribution is 2.25. The van der Waals surface area contributed by atoms with Crippen LogP contribution < -0.4 is 4.74 Å². The topological polar surface area (TPSA) is 9.23 Å². The molecule has 60 valence electrons. The van der Waals surface area contributed by atoms with E-state index in [4.69, 9.17) is 27.9 Å². The molecule has 0 radical (unpaired) electrons. The third-order valence-electron chi connectivity index (χ3n) is 1.37. The van der Waals surface area contributed by atoms with Crippen LogP contribution >= 0.6 is 23.2 Å². The zero-order valence-corrected chi connectivity index (χ0v) is 7.56. The summed E-state index contributed by atoms with van der Waals surface area (Å²) < 4.78 is 4.96. The fraction of sp³-hybridized carbons (Fsp3) is 0.250. The second-order valence-electron chi connectivity index (χ2n) is 2.07. The zero-order valence-electron chi connectivity index (χ0n) is 6.05. The first-order chi connectivity index (χ1) is 5.24. The Morgan fingerprint density at radius 2 is 1.73 bits per heavy atom. The summed E-state index contributed by atoms with van der Waals surface area (Å²) >= 11 is 11.2. The zero-order chi connectivity index (χ0) is 8.27. The molecule has 11 heavy (non-hydrogen) atoms. The van der Waals surface area contributed by atoms with Gasteiger partial charge in [0.05, 0.1) is 7.11 Å². The lowest BCUT2D eigenvalue weighted by atomic mass is 10.2. The van der Waals surface area contributed by atoms with Gasteiger partial charge in [0.1, 0.15) is 10.6 Å². The largest absolute Gasteiger partial charge is 0.497 e. The van der Waals surface area contributed by atoms with Crippen LogP contribution in [0.15, 0.2) is 24.3 Å². The summed E-state index contributed by atoms with van der Waals surface area (Å²) in [6.07, 6.45) is 0. The molecule has 1 aromatic rings. The van der Waals surface area contributed by atoms with Gasteiger partial charge in [0.2, 0.25) is 0 Å². The van der Waals surface area contributed by atoms with Crippen molar-refractivity contribution in [3.8, 4) is 5.75 Å². The quantitative estimate of drug-likeness (QED) is 0.652. The third kappa shape index (κ3) is 2.28. The summed E-state index contributed by atoms with van der Waals surface area (Å²) in [5, 5.41) is 0. The molecule has 1 rings (SSSR count). The fourth-order valence-electron chi connectivity index (χ4n) is 0.749. The van der Waals surface area contributed by atoms with Crippen molar-refractivity contribution >= 4 is 23.2 Å². The van der Waals surface area contributed by atoms with Crippen LogP contribution in [0.4, 0.5) is 0 Å². The molecule has 0 N–H and O–H groups in total. The van der Waals surface area contributed by atoms with E-state index in [-0.39, 0.29) is 0 Å². The van der Waals surface area contributed by atoms with E-state index in [1.165, 1.54) is 0 Å². The van der Waals surface area contributed by atoms with E-state index in [0.717, 1.165) is 11.3 Å². The Bertz CT molecular complexity index is 218. The summed E-state index contributed by atoms with van der Waals surface area (Å²) in [5.74, 6) is 0.808. The maximum atomic E-state index is 5.62. The lowest BCUT2D eigenvalue weighted by Gasteiger charge is -2.02. The molecule has 0 aliphatic heterocycles. The van der Waals surface area contributed by atoms with Crippen molar-refractivity contribution in [2.24, 2.45) is 0 Å². The summed E-state index contributed by atoms with van der Waals surface area (Å²) in [6.45, 7) is 0. The monoisotopic (exact) mass is 190 g/mol. The minimum absolute atomic E-state index is 0.457. The number of benzene rings is 1. The fourth-order valence-corrected chi connectivity index (χ4v) is 1.04. The number of alkyl halides is 2. The van der Waals surface area contributed by atoms with Gasteiger partial charge in [-0.05, 0) is 17.7 Å². The first-order valence-corrected chi connectivity index (χ1v) is 4.03. The Hall–Kier alpha value is -0.400. The van der Waals surface area contributed by atoms with Gasteiger partial charge in [0.25, 0.3) is 0 Å². The minimum atomic E-state index is -0.457. The molecule has 1 nitrogen and oxygen atoms in total. The summed E-state index contributed by atoms with van der Waals surface area (Å²) in [7, 11) is 1.62. The van der Waals surface area contributed by atoms with Gasteiger partial charge in [0, 0.05) is 0 Å². The van der Waals surface area contributed by atoms with Crippen LogP contribution in [0, 0.1) is 0 Å². The molecule has 0 spiro atoms. The molecule has 0 fully saturated rings. The first kappa shape index (κ1) is 8.69. The number of methoxy groups -OCH3 is 1. The highest BCUT2D eigenvalue weighted by atomic mass is 35.5. The molecule has 0 unspecified atom stereocenters. The standard InChI is InChI=1S/C8H8Cl2O/c1-11-7-4-2-6(3-5-7)8(9)10/h2-5,8H,1H3. The van der Waals surface area contributed by atoms with Gasteiger partial charge in [-0.3, -0.25) is 0 Å². The second kappa shape index (κ2) is 3.84. The van der Waals surface area contributed by atoms with Gasteiger partial charge in [-0.1, -0.05) is 12.1 Å². The molecule has 0 aliphatic carbocycles. The van der Waals surface area contributed by atoms with Gasteiger partial charge in [-0.25, -0.2) is 0 Å². The number of hydrogen-bond acceptors (Lipinski definition) is 1. The molecular formula is C8H8Cl2O. The van der Waals surface area contributed by atoms with Gasteiger partial charge < -0.3 is 4.74 Å². The number of rotatable bonds is 2.